The van der Waals surface area contributed by atoms with E-state index in [0.717, 1.165) is 37.9 Å². The van der Waals surface area contributed by atoms with Crippen LogP contribution in [0, 0.1) is 0 Å². The number of ether oxygens (including phenoxy) is 1. The maximum atomic E-state index is 12.4. The number of nitrogens with one attached hydrogen (secondary N) is 1. The predicted molar refractivity (Wildman–Crippen MR) is 87.2 cm³/mol. The van der Waals surface area contributed by atoms with Crippen molar-refractivity contribution in [3.05, 3.63) is 29.8 Å². The highest BCUT2D eigenvalue weighted by Gasteiger charge is 2.34. The smallest absolute Gasteiger partial charge is 0.251 e. The minimum Gasteiger partial charge on any atom is -0.494 e. The second kappa shape index (κ2) is 8.25. The summed E-state index contributed by atoms with van der Waals surface area (Å²) in [4.78, 5) is 12.4. The molecule has 0 heterocycles. The molecule has 1 aliphatic carbocycles. The molecule has 0 bridgehead atoms. The van der Waals surface area contributed by atoms with Crippen molar-refractivity contribution >= 4 is 18.3 Å². The molecule has 0 radical (unpaired) electrons. The van der Waals surface area contributed by atoms with E-state index in [2.05, 4.69) is 12.2 Å². The van der Waals surface area contributed by atoms with Crippen LogP contribution in [0.1, 0.15) is 49.4 Å². The Morgan fingerprint density at radius 1 is 1.38 bits per heavy atom. The van der Waals surface area contributed by atoms with Crippen molar-refractivity contribution < 1.29 is 9.53 Å². The van der Waals surface area contributed by atoms with Crippen LogP contribution in [0.2, 0.25) is 0 Å². The molecular weight excluding hydrogens is 288 g/mol. The monoisotopic (exact) mass is 312 g/mol. The zero-order valence-corrected chi connectivity index (χ0v) is 13.4. The molecule has 4 nitrogen and oxygen atoms in total. The van der Waals surface area contributed by atoms with E-state index in [-0.39, 0.29) is 23.9 Å². The van der Waals surface area contributed by atoms with Gasteiger partial charge in [-0.25, -0.2) is 0 Å². The number of halogens is 1. The zero-order valence-electron chi connectivity index (χ0n) is 12.6. The summed E-state index contributed by atoms with van der Waals surface area (Å²) in [7, 11) is 0. The molecule has 0 aromatic heterocycles. The summed E-state index contributed by atoms with van der Waals surface area (Å²) in [5.74, 6) is 0.687. The Balaban J connectivity index is 0.00000220. The van der Waals surface area contributed by atoms with Crippen molar-refractivity contribution in [2.45, 2.75) is 44.6 Å². The van der Waals surface area contributed by atoms with Crippen LogP contribution in [-0.4, -0.2) is 24.6 Å². The fourth-order valence-electron chi connectivity index (χ4n) is 2.69. The van der Waals surface area contributed by atoms with Crippen molar-refractivity contribution in [3.63, 3.8) is 0 Å². The molecule has 1 aliphatic rings. The Morgan fingerprint density at radius 2 is 2.10 bits per heavy atom. The van der Waals surface area contributed by atoms with Crippen LogP contribution in [0.4, 0.5) is 0 Å². The number of hydrogen-bond donors (Lipinski definition) is 2. The fourth-order valence-corrected chi connectivity index (χ4v) is 2.69. The Morgan fingerprint density at radius 3 is 2.71 bits per heavy atom. The van der Waals surface area contributed by atoms with Gasteiger partial charge < -0.3 is 15.8 Å². The first-order valence-electron chi connectivity index (χ1n) is 7.44. The van der Waals surface area contributed by atoms with Gasteiger partial charge in [0, 0.05) is 12.1 Å². The van der Waals surface area contributed by atoms with Gasteiger partial charge in [0.1, 0.15) is 5.75 Å². The Hall–Kier alpha value is -1.26. The normalized spacial score (nSPS) is 16.1. The van der Waals surface area contributed by atoms with Gasteiger partial charge in [-0.2, -0.15) is 0 Å². The summed E-state index contributed by atoms with van der Waals surface area (Å²) < 4.78 is 5.56. The first kappa shape index (κ1) is 17.8. The molecule has 1 aromatic rings. The second-order valence-corrected chi connectivity index (χ2v) is 5.52. The lowest BCUT2D eigenvalue weighted by molar-refractivity contribution is 0.0902. The lowest BCUT2D eigenvalue weighted by atomic mass is 9.97. The van der Waals surface area contributed by atoms with Crippen molar-refractivity contribution in [1.82, 2.24) is 5.32 Å². The Bertz CT molecular complexity index is 459. The first-order valence-corrected chi connectivity index (χ1v) is 7.44. The molecule has 0 spiro atoms. The molecule has 1 aromatic carbocycles. The van der Waals surface area contributed by atoms with Gasteiger partial charge >= 0.3 is 0 Å². The van der Waals surface area contributed by atoms with Gasteiger partial charge in [-0.3, -0.25) is 4.79 Å². The molecule has 1 fully saturated rings. The minimum atomic E-state index is -0.211. The van der Waals surface area contributed by atoms with Crippen LogP contribution >= 0.6 is 12.4 Å². The number of hydrogen-bond acceptors (Lipinski definition) is 3. The van der Waals surface area contributed by atoms with Crippen LogP contribution in [-0.2, 0) is 0 Å². The van der Waals surface area contributed by atoms with Crippen LogP contribution in [0.25, 0.3) is 0 Å². The van der Waals surface area contributed by atoms with E-state index in [1.807, 2.05) is 18.2 Å². The molecular formula is C16H25ClN2O2. The van der Waals surface area contributed by atoms with Gasteiger partial charge in [-0.1, -0.05) is 25.8 Å². The van der Waals surface area contributed by atoms with Crippen molar-refractivity contribution in [2.24, 2.45) is 5.73 Å². The molecule has 0 saturated heterocycles. The molecule has 0 unspecified atom stereocenters. The van der Waals surface area contributed by atoms with E-state index in [1.54, 1.807) is 6.07 Å². The van der Waals surface area contributed by atoms with E-state index in [0.29, 0.717) is 18.7 Å². The maximum absolute atomic E-state index is 12.4. The van der Waals surface area contributed by atoms with Crippen molar-refractivity contribution in [1.29, 1.82) is 0 Å². The van der Waals surface area contributed by atoms with E-state index < -0.39 is 0 Å². The molecule has 1 saturated carbocycles. The summed E-state index contributed by atoms with van der Waals surface area (Å²) in [5.41, 5.74) is 6.28. The van der Waals surface area contributed by atoms with Crippen LogP contribution < -0.4 is 15.8 Å². The number of carbonyl (C=O) groups excluding carboxylic acids is 1. The number of benzene rings is 1. The molecule has 0 aliphatic heterocycles. The average Bonchev–Trinajstić information content (AvgIpc) is 2.94. The molecule has 3 N–H and O–H groups in total. The van der Waals surface area contributed by atoms with Crippen molar-refractivity contribution in [2.75, 3.05) is 13.2 Å². The van der Waals surface area contributed by atoms with Crippen LogP contribution in [0.15, 0.2) is 24.3 Å². The Kier molecular flexibility index (Phi) is 6.99. The lowest BCUT2D eigenvalue weighted by Gasteiger charge is -2.28. The molecule has 2 rings (SSSR count). The van der Waals surface area contributed by atoms with Gasteiger partial charge in [-0.15, -0.1) is 12.4 Å². The van der Waals surface area contributed by atoms with Gasteiger partial charge in [0.15, 0.2) is 0 Å². The summed E-state index contributed by atoms with van der Waals surface area (Å²) in [5, 5.41) is 3.12. The number of carbonyl (C=O) groups is 1. The summed E-state index contributed by atoms with van der Waals surface area (Å²) >= 11 is 0. The predicted octanol–water partition coefficient (Wildman–Crippen LogP) is 2.90. The first-order chi connectivity index (χ1) is 9.69. The highest BCUT2D eigenvalue weighted by Crippen LogP contribution is 2.29. The summed E-state index contributed by atoms with van der Waals surface area (Å²) in [6.45, 7) is 3.23. The third-order valence-corrected chi connectivity index (χ3v) is 3.90. The standard InChI is InChI=1S/C16H24N2O2.ClH/c1-2-10-20-14-7-5-6-13(11-14)15(19)18-16(12-17)8-3-4-9-16;/h5-7,11H,2-4,8-10,12,17H2,1H3,(H,18,19);1H. The third-order valence-electron chi connectivity index (χ3n) is 3.90. The Labute approximate surface area is 132 Å². The highest BCUT2D eigenvalue weighted by molar-refractivity contribution is 5.95. The molecule has 1 amide bonds. The highest BCUT2D eigenvalue weighted by atomic mass is 35.5. The van der Waals surface area contributed by atoms with E-state index >= 15 is 0 Å². The maximum Gasteiger partial charge on any atom is 0.251 e. The van der Waals surface area contributed by atoms with Crippen molar-refractivity contribution in [3.8, 4) is 5.75 Å². The van der Waals surface area contributed by atoms with Crippen LogP contribution in [0.3, 0.4) is 0 Å². The summed E-state index contributed by atoms with van der Waals surface area (Å²) in [6.07, 6.45) is 5.17. The lowest BCUT2D eigenvalue weighted by Crippen LogP contribution is -2.51. The number of rotatable bonds is 6. The third kappa shape index (κ3) is 4.61. The van der Waals surface area contributed by atoms with Gasteiger partial charge in [0.2, 0.25) is 0 Å². The zero-order chi connectivity index (χ0) is 14.4. The molecule has 21 heavy (non-hydrogen) atoms. The molecule has 5 heteroatoms. The second-order valence-electron chi connectivity index (χ2n) is 5.52. The number of amides is 1. The quantitative estimate of drug-likeness (QED) is 0.849. The minimum absolute atomic E-state index is 0. The van der Waals surface area contributed by atoms with Gasteiger partial charge in [-0.05, 0) is 37.5 Å². The molecule has 0 atom stereocenters. The largest absolute Gasteiger partial charge is 0.494 e. The van der Waals surface area contributed by atoms with E-state index in [9.17, 15) is 4.79 Å². The topological polar surface area (TPSA) is 64.3 Å². The van der Waals surface area contributed by atoms with Gasteiger partial charge in [0.05, 0.1) is 12.1 Å². The van der Waals surface area contributed by atoms with Gasteiger partial charge in [0.25, 0.3) is 5.91 Å². The van der Waals surface area contributed by atoms with Crippen LogP contribution in [0.5, 0.6) is 5.75 Å². The van der Waals surface area contributed by atoms with E-state index in [4.69, 9.17) is 10.5 Å². The molecule has 118 valence electrons. The fraction of sp³-hybridized carbons (Fsp3) is 0.562. The number of nitrogens with two attached hydrogens (primary N) is 1. The van der Waals surface area contributed by atoms with E-state index in [1.165, 1.54) is 0 Å². The SMILES string of the molecule is CCCOc1cccc(C(=O)NC2(CN)CCCC2)c1.Cl. The average molecular weight is 313 g/mol. The summed E-state index contributed by atoms with van der Waals surface area (Å²) in [6, 6.07) is 7.34.